The maximum absolute atomic E-state index is 12.7. The molecule has 0 spiro atoms. The van der Waals surface area contributed by atoms with Crippen molar-refractivity contribution in [3.8, 4) is 0 Å². The highest BCUT2D eigenvalue weighted by atomic mass is 16.5. The quantitative estimate of drug-likeness (QED) is 0.420. The van der Waals surface area contributed by atoms with Crippen molar-refractivity contribution in [2.75, 3.05) is 5.73 Å². The van der Waals surface area contributed by atoms with Crippen LogP contribution in [0.4, 0.5) is 5.69 Å². The molecule has 114 valence electrons. The number of pyridine rings is 1. The normalized spacial score (nSPS) is 15.7. The Bertz CT molecular complexity index is 928. The molecule has 0 amide bonds. The largest absolute Gasteiger partial charge is 0.618 e. The zero-order valence-corrected chi connectivity index (χ0v) is 12.8. The summed E-state index contributed by atoms with van der Waals surface area (Å²) in [5, 5.41) is 13.7. The SMILES string of the molecule is Nc1ccccc1/C=C1\CCCc2c1cc1ccccc1[n+]2[O-]. The number of aromatic nitrogens is 1. The summed E-state index contributed by atoms with van der Waals surface area (Å²) in [6.07, 6.45) is 4.92. The second kappa shape index (κ2) is 5.43. The van der Waals surface area contributed by atoms with Crippen LogP contribution in [0.2, 0.25) is 0 Å². The van der Waals surface area contributed by atoms with E-state index in [4.69, 9.17) is 5.73 Å². The molecule has 1 heterocycles. The van der Waals surface area contributed by atoms with Crippen LogP contribution < -0.4 is 10.5 Å². The van der Waals surface area contributed by atoms with E-state index < -0.39 is 0 Å². The van der Waals surface area contributed by atoms with E-state index in [9.17, 15) is 5.21 Å². The van der Waals surface area contributed by atoms with Gasteiger partial charge in [0.15, 0.2) is 0 Å². The van der Waals surface area contributed by atoms with E-state index in [2.05, 4.69) is 12.1 Å². The number of fused-ring (bicyclic) bond motifs is 2. The van der Waals surface area contributed by atoms with Gasteiger partial charge in [-0.1, -0.05) is 30.3 Å². The first-order valence-corrected chi connectivity index (χ1v) is 7.93. The third-order valence-electron chi connectivity index (χ3n) is 4.54. The van der Waals surface area contributed by atoms with Crippen LogP contribution in [-0.2, 0) is 6.42 Å². The van der Waals surface area contributed by atoms with E-state index in [0.29, 0.717) is 0 Å². The van der Waals surface area contributed by atoms with E-state index in [0.717, 1.165) is 57.4 Å². The molecule has 1 aliphatic rings. The van der Waals surface area contributed by atoms with Crippen molar-refractivity contribution < 1.29 is 4.73 Å². The fourth-order valence-corrected chi connectivity index (χ4v) is 3.36. The smallest absolute Gasteiger partial charge is 0.224 e. The van der Waals surface area contributed by atoms with E-state index in [1.807, 2.05) is 48.5 Å². The number of hydrogen-bond donors (Lipinski definition) is 1. The zero-order valence-electron chi connectivity index (χ0n) is 12.8. The van der Waals surface area contributed by atoms with Crippen LogP contribution in [0.25, 0.3) is 22.6 Å². The first-order chi connectivity index (χ1) is 11.2. The van der Waals surface area contributed by atoms with Gasteiger partial charge in [-0.05, 0) is 48.3 Å². The molecular weight excluding hydrogens is 284 g/mol. The third kappa shape index (κ3) is 2.34. The number of anilines is 1. The van der Waals surface area contributed by atoms with Crippen molar-refractivity contribution in [3.05, 3.63) is 76.6 Å². The van der Waals surface area contributed by atoms with Crippen LogP contribution in [0, 0.1) is 5.21 Å². The average Bonchev–Trinajstić information content (AvgIpc) is 2.58. The van der Waals surface area contributed by atoms with Crippen LogP contribution in [0.3, 0.4) is 0 Å². The molecule has 0 radical (unpaired) electrons. The summed E-state index contributed by atoms with van der Waals surface area (Å²) in [6, 6.07) is 17.7. The summed E-state index contributed by atoms with van der Waals surface area (Å²) < 4.78 is 1.10. The predicted octanol–water partition coefficient (Wildman–Crippen LogP) is 3.93. The number of nitrogens with zero attached hydrogens (tertiary/aromatic N) is 1. The summed E-state index contributed by atoms with van der Waals surface area (Å²) in [5.41, 5.74) is 11.7. The molecule has 3 heteroatoms. The summed E-state index contributed by atoms with van der Waals surface area (Å²) in [6.45, 7) is 0. The van der Waals surface area contributed by atoms with Crippen LogP contribution in [0.15, 0.2) is 54.6 Å². The minimum absolute atomic E-state index is 0.742. The van der Waals surface area contributed by atoms with Gasteiger partial charge in [-0.15, -0.1) is 0 Å². The number of hydrogen-bond acceptors (Lipinski definition) is 2. The van der Waals surface area contributed by atoms with Gasteiger partial charge in [0, 0.05) is 29.1 Å². The number of nitrogens with two attached hydrogens (primary N) is 1. The first-order valence-electron chi connectivity index (χ1n) is 7.93. The van der Waals surface area contributed by atoms with Crippen molar-refractivity contribution in [3.63, 3.8) is 0 Å². The van der Waals surface area contributed by atoms with E-state index in [1.54, 1.807) is 0 Å². The topological polar surface area (TPSA) is 53.0 Å². The minimum atomic E-state index is 0.742. The minimum Gasteiger partial charge on any atom is -0.618 e. The van der Waals surface area contributed by atoms with Gasteiger partial charge in [0.2, 0.25) is 11.2 Å². The molecular formula is C20H18N2O. The van der Waals surface area contributed by atoms with Gasteiger partial charge in [-0.25, -0.2) is 0 Å². The molecule has 3 aromatic rings. The standard InChI is InChI=1S/C20H18N2O/c21-18-9-3-1-6-15(18)12-14-8-5-11-20-17(14)13-16-7-2-4-10-19(16)22(20)23/h1-4,6-7,9-10,12-13H,5,8,11,21H2/b14-12+. The third-order valence-corrected chi connectivity index (χ3v) is 4.54. The number of benzene rings is 2. The predicted molar refractivity (Wildman–Crippen MR) is 94.6 cm³/mol. The Labute approximate surface area is 135 Å². The van der Waals surface area contributed by atoms with Crippen LogP contribution >= 0.6 is 0 Å². The van der Waals surface area contributed by atoms with Gasteiger partial charge >= 0.3 is 0 Å². The molecule has 0 fully saturated rings. The lowest BCUT2D eigenvalue weighted by atomic mass is 9.88. The lowest BCUT2D eigenvalue weighted by Crippen LogP contribution is -2.35. The Morgan fingerprint density at radius 2 is 1.78 bits per heavy atom. The summed E-state index contributed by atoms with van der Waals surface area (Å²) in [7, 11) is 0. The maximum atomic E-state index is 12.7. The fraction of sp³-hybridized carbons (Fsp3) is 0.150. The van der Waals surface area contributed by atoms with Gasteiger partial charge in [-0.2, -0.15) is 4.73 Å². The first kappa shape index (κ1) is 13.8. The molecule has 2 aromatic carbocycles. The monoisotopic (exact) mass is 302 g/mol. The Morgan fingerprint density at radius 3 is 2.65 bits per heavy atom. The molecule has 0 unspecified atom stereocenters. The second-order valence-electron chi connectivity index (χ2n) is 6.01. The molecule has 4 rings (SSSR count). The van der Waals surface area contributed by atoms with E-state index in [1.165, 1.54) is 5.57 Å². The van der Waals surface area contributed by atoms with Gasteiger partial charge in [0.1, 0.15) is 0 Å². The summed E-state index contributed by atoms with van der Waals surface area (Å²) in [5.74, 6) is 0. The molecule has 3 nitrogen and oxygen atoms in total. The average molecular weight is 302 g/mol. The Balaban J connectivity index is 1.93. The van der Waals surface area contributed by atoms with Gasteiger partial charge < -0.3 is 10.9 Å². The Kier molecular flexibility index (Phi) is 3.27. The molecule has 23 heavy (non-hydrogen) atoms. The molecule has 1 aromatic heterocycles. The van der Waals surface area contributed by atoms with Crippen LogP contribution in [0.1, 0.15) is 29.7 Å². The molecule has 0 saturated carbocycles. The highest BCUT2D eigenvalue weighted by Crippen LogP contribution is 2.33. The van der Waals surface area contributed by atoms with E-state index in [-0.39, 0.29) is 0 Å². The molecule has 0 atom stereocenters. The summed E-state index contributed by atoms with van der Waals surface area (Å²) in [4.78, 5) is 0. The Morgan fingerprint density at radius 1 is 1.00 bits per heavy atom. The van der Waals surface area contributed by atoms with Crippen molar-refractivity contribution in [1.29, 1.82) is 0 Å². The van der Waals surface area contributed by atoms with Crippen molar-refractivity contribution in [1.82, 2.24) is 0 Å². The summed E-state index contributed by atoms with van der Waals surface area (Å²) >= 11 is 0. The lowest BCUT2D eigenvalue weighted by Gasteiger charge is -2.19. The number of para-hydroxylation sites is 2. The fourth-order valence-electron chi connectivity index (χ4n) is 3.36. The maximum Gasteiger partial charge on any atom is 0.224 e. The van der Waals surface area contributed by atoms with Crippen LogP contribution in [-0.4, -0.2) is 0 Å². The van der Waals surface area contributed by atoms with Gasteiger partial charge in [0.05, 0.1) is 0 Å². The lowest BCUT2D eigenvalue weighted by molar-refractivity contribution is -0.586. The second-order valence-corrected chi connectivity index (χ2v) is 6.01. The van der Waals surface area contributed by atoms with Crippen LogP contribution in [0.5, 0.6) is 0 Å². The van der Waals surface area contributed by atoms with Gasteiger partial charge in [0.25, 0.3) is 0 Å². The highest BCUT2D eigenvalue weighted by Gasteiger charge is 2.23. The molecule has 0 bridgehead atoms. The number of nitrogen functional groups attached to an aromatic ring is 1. The molecule has 0 aliphatic heterocycles. The van der Waals surface area contributed by atoms with Crippen molar-refractivity contribution >= 4 is 28.2 Å². The van der Waals surface area contributed by atoms with Gasteiger partial charge in [-0.3, -0.25) is 0 Å². The zero-order chi connectivity index (χ0) is 15.8. The van der Waals surface area contributed by atoms with Crippen molar-refractivity contribution in [2.24, 2.45) is 0 Å². The number of rotatable bonds is 1. The van der Waals surface area contributed by atoms with Crippen molar-refractivity contribution in [2.45, 2.75) is 19.3 Å². The van der Waals surface area contributed by atoms with E-state index >= 15 is 0 Å². The molecule has 1 aliphatic carbocycles. The molecule has 2 N–H and O–H groups in total. The molecule has 0 saturated heterocycles. The highest BCUT2D eigenvalue weighted by molar-refractivity contribution is 5.89. The number of allylic oxidation sites excluding steroid dienone is 1. The Hall–Kier alpha value is -2.81.